The number of anilines is 2. The highest BCUT2D eigenvalue weighted by atomic mass is 32.1. The Morgan fingerprint density at radius 1 is 0.986 bits per heavy atom. The zero-order valence-electron chi connectivity index (χ0n) is 40.4. The van der Waals surface area contributed by atoms with Gasteiger partial charge in [0.2, 0.25) is 23.6 Å². The SMILES string of the molecule is Cc1cc(N2C(=S)N(c3ccc(C#N)c(C(F)(F)F)c3F)C(=O)C2(C)C)cnc1OCCOCCOCCOCC(=O)N[C@H](C(=O)N1CCCC1C(=O)NCc1ccc(-c2scnc2C)cc1)C(C)(C)C. The first-order valence-corrected chi connectivity index (χ1v) is 24.0. The quantitative estimate of drug-likeness (QED) is 0.0522. The van der Waals surface area contributed by atoms with Gasteiger partial charge in [0.15, 0.2) is 10.9 Å². The molecular weight excluding hydrogens is 969 g/mol. The summed E-state index contributed by atoms with van der Waals surface area (Å²) in [6.07, 6.45) is -2.66. The number of nitrogens with one attached hydrogen (secondary N) is 2. The molecule has 2 N–H and O–H groups in total. The first-order chi connectivity index (χ1) is 33.6. The first kappa shape index (κ1) is 54.2. The third-order valence-corrected chi connectivity index (χ3v) is 13.2. The summed E-state index contributed by atoms with van der Waals surface area (Å²) < 4.78 is 79.1. The van der Waals surface area contributed by atoms with Gasteiger partial charge >= 0.3 is 6.18 Å². The Balaban J connectivity index is 0.878. The van der Waals surface area contributed by atoms with Gasteiger partial charge in [-0.1, -0.05) is 45.0 Å². The van der Waals surface area contributed by atoms with Crippen molar-refractivity contribution in [2.75, 3.05) is 62.6 Å². The summed E-state index contributed by atoms with van der Waals surface area (Å²) in [5.74, 6) is -3.40. The Labute approximate surface area is 418 Å². The molecule has 16 nitrogen and oxygen atoms in total. The van der Waals surface area contributed by atoms with Crippen molar-refractivity contribution in [3.8, 4) is 22.4 Å². The highest BCUT2D eigenvalue weighted by Crippen LogP contribution is 2.42. The van der Waals surface area contributed by atoms with Gasteiger partial charge < -0.3 is 39.4 Å². The molecule has 1 unspecified atom stereocenters. The molecular formula is C49H56F4N8O8S2. The number of alkyl halides is 3. The number of aromatic nitrogens is 2. The second-order valence-corrected chi connectivity index (χ2v) is 19.6. The lowest BCUT2D eigenvalue weighted by Gasteiger charge is -2.35. The number of hydrogen-bond acceptors (Lipinski definition) is 13. The monoisotopic (exact) mass is 1020 g/mol. The van der Waals surface area contributed by atoms with E-state index in [1.165, 1.54) is 31.0 Å². The predicted octanol–water partition coefficient (Wildman–Crippen LogP) is 7.04. The molecule has 2 aromatic carbocycles. The third-order valence-electron chi connectivity index (χ3n) is 11.8. The Morgan fingerprint density at radius 2 is 1.65 bits per heavy atom. The zero-order valence-corrected chi connectivity index (χ0v) is 42.0. The van der Waals surface area contributed by atoms with E-state index in [-0.39, 0.29) is 69.1 Å². The third kappa shape index (κ3) is 12.7. The second-order valence-electron chi connectivity index (χ2n) is 18.4. The van der Waals surface area contributed by atoms with Crippen molar-refractivity contribution in [2.45, 2.75) is 91.7 Å². The molecule has 0 radical (unpaired) electrons. The molecule has 2 aliphatic rings. The maximum absolute atomic E-state index is 15.4. The summed E-state index contributed by atoms with van der Waals surface area (Å²) in [7, 11) is 0. The summed E-state index contributed by atoms with van der Waals surface area (Å²) in [6.45, 7) is 13.6. The van der Waals surface area contributed by atoms with E-state index in [4.69, 9.17) is 36.4 Å². The summed E-state index contributed by atoms with van der Waals surface area (Å²) in [6, 6.07) is 11.0. The molecule has 0 saturated carbocycles. The van der Waals surface area contributed by atoms with Gasteiger partial charge in [-0.25, -0.2) is 14.4 Å². The van der Waals surface area contributed by atoms with Crippen LogP contribution in [0.5, 0.6) is 5.88 Å². The van der Waals surface area contributed by atoms with Gasteiger partial charge in [0, 0.05) is 18.7 Å². The topological polar surface area (TPSA) is 189 Å². The van der Waals surface area contributed by atoms with Crippen molar-refractivity contribution in [3.63, 3.8) is 0 Å². The van der Waals surface area contributed by atoms with E-state index in [1.54, 1.807) is 29.2 Å². The highest BCUT2D eigenvalue weighted by molar-refractivity contribution is 7.81. The van der Waals surface area contributed by atoms with Crippen LogP contribution in [0, 0.1) is 36.4 Å². The van der Waals surface area contributed by atoms with E-state index in [0.29, 0.717) is 42.1 Å². The minimum Gasteiger partial charge on any atom is -0.475 e. The number of thiazole rings is 1. The van der Waals surface area contributed by atoms with Gasteiger partial charge in [0.25, 0.3) is 5.91 Å². The average molecular weight is 1030 g/mol. The smallest absolute Gasteiger partial charge is 0.420 e. The van der Waals surface area contributed by atoms with Crippen LogP contribution in [0.4, 0.5) is 28.9 Å². The highest BCUT2D eigenvalue weighted by Gasteiger charge is 2.52. The number of nitrogens with zero attached hydrogens (tertiary/aromatic N) is 6. The average Bonchev–Trinajstić information content (AvgIpc) is 4.02. The number of rotatable bonds is 20. The minimum atomic E-state index is -5.20. The lowest BCUT2D eigenvalue weighted by atomic mass is 9.85. The standard InChI is InChI=1S/C49H56F4N8O8S2/c1-29-23-34(61-46(70)60(45(65)48(61,6)7)35-15-14-33(24-54)38(39(35)50)49(51,52)53)26-56-43(29)69-22-21-67-18-17-66-19-20-68-27-37(62)58-41(47(3,4)5)44(64)59-16-8-9-36(59)42(63)55-25-31-10-12-32(13-11-31)40-30(2)57-28-71-40/h10-15,23,26,28,36,41H,8-9,16-22,25,27H2,1-7H3,(H,55,63)(H,58,62)/t36?,41-/m1/s1. The summed E-state index contributed by atoms with van der Waals surface area (Å²) in [4.78, 5) is 67.2. The maximum Gasteiger partial charge on any atom is 0.420 e. The van der Waals surface area contributed by atoms with E-state index in [0.717, 1.165) is 33.8 Å². The molecule has 4 amide bonds. The minimum absolute atomic E-state index is 0.102. The molecule has 0 spiro atoms. The Kier molecular flexibility index (Phi) is 17.5. The number of carbonyl (C=O) groups is 4. The maximum atomic E-state index is 15.4. The number of likely N-dealkylation sites (tertiary alicyclic amines) is 1. The van der Waals surface area contributed by atoms with Crippen LogP contribution in [0.1, 0.15) is 75.4 Å². The number of aryl methyl sites for hydroxylation is 2. The van der Waals surface area contributed by atoms with Crippen molar-refractivity contribution in [1.29, 1.82) is 5.26 Å². The number of benzene rings is 2. The molecule has 22 heteroatoms. The molecule has 2 aromatic heterocycles. The van der Waals surface area contributed by atoms with Crippen LogP contribution < -0.4 is 25.2 Å². The van der Waals surface area contributed by atoms with Crippen LogP contribution in [0.15, 0.2) is 54.2 Å². The van der Waals surface area contributed by atoms with Crippen molar-refractivity contribution in [1.82, 2.24) is 25.5 Å². The number of carbonyl (C=O) groups excluding carboxylic acids is 4. The number of ether oxygens (including phenoxy) is 4. The van der Waals surface area contributed by atoms with Crippen LogP contribution in [0.2, 0.25) is 0 Å². The number of nitriles is 1. The second kappa shape index (κ2) is 23.0. The molecule has 2 fully saturated rings. The number of halogens is 4. The van der Waals surface area contributed by atoms with E-state index in [2.05, 4.69) is 20.6 Å². The van der Waals surface area contributed by atoms with Crippen molar-refractivity contribution >= 4 is 63.7 Å². The van der Waals surface area contributed by atoms with E-state index in [1.807, 2.05) is 57.5 Å². The fourth-order valence-electron chi connectivity index (χ4n) is 8.15. The summed E-state index contributed by atoms with van der Waals surface area (Å²) >= 11 is 7.09. The van der Waals surface area contributed by atoms with Gasteiger partial charge in [-0.2, -0.15) is 18.4 Å². The number of pyridine rings is 1. The lowest BCUT2D eigenvalue weighted by Crippen LogP contribution is -2.58. The van der Waals surface area contributed by atoms with E-state index >= 15 is 4.39 Å². The predicted molar refractivity (Wildman–Crippen MR) is 260 cm³/mol. The van der Waals surface area contributed by atoms with Crippen molar-refractivity contribution < 1.29 is 55.7 Å². The molecule has 4 aromatic rings. The molecule has 4 heterocycles. The van der Waals surface area contributed by atoms with Gasteiger partial charge in [-0.3, -0.25) is 24.1 Å². The van der Waals surface area contributed by atoms with Gasteiger partial charge in [-0.05, 0) is 87.5 Å². The van der Waals surface area contributed by atoms with Gasteiger partial charge in [-0.15, -0.1) is 11.3 Å². The number of thiocarbonyl (C=S) groups is 1. The summed E-state index contributed by atoms with van der Waals surface area (Å²) in [5, 5.41) is 14.7. The first-order valence-electron chi connectivity index (χ1n) is 22.7. The van der Waals surface area contributed by atoms with E-state index in [9.17, 15) is 32.3 Å². The summed E-state index contributed by atoms with van der Waals surface area (Å²) in [5.41, 5.74) is 0.0220. The van der Waals surface area contributed by atoms with Crippen molar-refractivity contribution in [3.05, 3.63) is 87.9 Å². The fourth-order valence-corrected chi connectivity index (χ4v) is 9.48. The van der Waals surface area contributed by atoms with Crippen LogP contribution >= 0.6 is 23.6 Å². The van der Waals surface area contributed by atoms with E-state index < -0.39 is 63.7 Å². The Bertz CT molecular complexity index is 2650. The molecule has 2 aliphatic heterocycles. The van der Waals surface area contributed by atoms with Crippen LogP contribution in [-0.4, -0.2) is 114 Å². The lowest BCUT2D eigenvalue weighted by molar-refractivity contribution is -0.144. The van der Waals surface area contributed by atoms with Crippen molar-refractivity contribution in [2.24, 2.45) is 5.41 Å². The Morgan fingerprint density at radius 3 is 2.25 bits per heavy atom. The molecule has 0 bridgehead atoms. The van der Waals surface area contributed by atoms with Crippen LogP contribution in [0.3, 0.4) is 0 Å². The normalized spacial score (nSPS) is 16.3. The van der Waals surface area contributed by atoms with Crippen LogP contribution in [-0.2, 0) is 46.1 Å². The van der Waals surface area contributed by atoms with Gasteiger partial charge in [0.1, 0.15) is 36.4 Å². The zero-order chi connectivity index (χ0) is 51.8. The number of amides is 4. The van der Waals surface area contributed by atoms with Gasteiger partial charge in [0.05, 0.1) is 78.3 Å². The molecule has 6 rings (SSSR count). The molecule has 0 aliphatic carbocycles. The Hall–Kier alpha value is -6.12. The molecule has 380 valence electrons. The fraction of sp³-hybridized carbons (Fsp3) is 0.469. The molecule has 2 atom stereocenters. The van der Waals surface area contributed by atoms with Crippen LogP contribution in [0.25, 0.3) is 10.4 Å². The molecule has 71 heavy (non-hydrogen) atoms. The number of hydrogen-bond donors (Lipinski definition) is 2. The molecule has 2 saturated heterocycles. The largest absolute Gasteiger partial charge is 0.475 e.